The second-order valence-corrected chi connectivity index (χ2v) is 8.76. The van der Waals surface area contributed by atoms with Gasteiger partial charge in [-0.15, -0.1) is 0 Å². The van der Waals surface area contributed by atoms with Gasteiger partial charge in [-0.25, -0.2) is 0 Å². The molecule has 0 radical (unpaired) electrons. The van der Waals surface area contributed by atoms with Crippen LogP contribution in [0.3, 0.4) is 0 Å². The van der Waals surface area contributed by atoms with Crippen molar-refractivity contribution in [3.05, 3.63) is 11.6 Å². The molecule has 2 heterocycles. The molecule has 2 atom stereocenters. The van der Waals surface area contributed by atoms with Crippen molar-refractivity contribution in [2.75, 3.05) is 45.8 Å². The summed E-state index contributed by atoms with van der Waals surface area (Å²) in [5, 5.41) is 0. The van der Waals surface area contributed by atoms with Gasteiger partial charge in [0.15, 0.2) is 0 Å². The van der Waals surface area contributed by atoms with Crippen LogP contribution in [0, 0.1) is 17.3 Å². The highest BCUT2D eigenvalue weighted by molar-refractivity contribution is 5.84. The van der Waals surface area contributed by atoms with Gasteiger partial charge < -0.3 is 9.80 Å². The number of piperazine rings is 1. The fourth-order valence-corrected chi connectivity index (χ4v) is 4.40. The van der Waals surface area contributed by atoms with E-state index in [9.17, 15) is 9.59 Å². The summed E-state index contributed by atoms with van der Waals surface area (Å²) in [6, 6.07) is 0. The van der Waals surface area contributed by atoms with Gasteiger partial charge in [-0.3, -0.25) is 14.5 Å². The van der Waals surface area contributed by atoms with Crippen LogP contribution in [0.2, 0.25) is 0 Å². The Morgan fingerprint density at radius 3 is 2.12 bits per heavy atom. The first-order chi connectivity index (χ1) is 11.8. The molecule has 5 nitrogen and oxygen atoms in total. The van der Waals surface area contributed by atoms with Crippen molar-refractivity contribution in [1.82, 2.24) is 14.7 Å². The number of nitrogens with zero attached hydrogens (tertiary/aromatic N) is 3. The summed E-state index contributed by atoms with van der Waals surface area (Å²) in [5.41, 5.74) is 1.37. The largest absolute Gasteiger partial charge is 0.342 e. The van der Waals surface area contributed by atoms with Crippen molar-refractivity contribution in [2.45, 2.75) is 40.5 Å². The first kappa shape index (κ1) is 18.4. The van der Waals surface area contributed by atoms with Crippen LogP contribution in [0.15, 0.2) is 11.6 Å². The summed E-state index contributed by atoms with van der Waals surface area (Å²) in [6.07, 6.45) is 4.53. The molecular weight excluding hydrogens is 314 g/mol. The Bertz CT molecular complexity index is 551. The topological polar surface area (TPSA) is 43.9 Å². The molecule has 2 amide bonds. The van der Waals surface area contributed by atoms with Gasteiger partial charge >= 0.3 is 0 Å². The molecule has 3 rings (SSSR count). The van der Waals surface area contributed by atoms with Gasteiger partial charge in [0, 0.05) is 39.3 Å². The minimum absolute atomic E-state index is 0.0806. The second-order valence-electron chi connectivity index (χ2n) is 8.76. The predicted molar refractivity (Wildman–Crippen MR) is 99.0 cm³/mol. The average molecular weight is 348 g/mol. The molecule has 140 valence electrons. The molecule has 2 unspecified atom stereocenters. The van der Waals surface area contributed by atoms with Crippen molar-refractivity contribution in [3.8, 4) is 0 Å². The molecular formula is C20H33N3O2. The van der Waals surface area contributed by atoms with E-state index in [1.807, 2.05) is 9.80 Å². The molecule has 1 aliphatic carbocycles. The Morgan fingerprint density at radius 1 is 0.960 bits per heavy atom. The molecule has 2 aliphatic heterocycles. The number of carbonyl (C=O) groups is 2. The van der Waals surface area contributed by atoms with E-state index in [-0.39, 0.29) is 17.2 Å². The van der Waals surface area contributed by atoms with Crippen LogP contribution in [-0.2, 0) is 9.59 Å². The highest BCUT2D eigenvalue weighted by atomic mass is 16.2. The number of hydrogen-bond donors (Lipinski definition) is 0. The van der Waals surface area contributed by atoms with E-state index < -0.39 is 0 Å². The van der Waals surface area contributed by atoms with E-state index in [2.05, 4.69) is 38.7 Å². The van der Waals surface area contributed by atoms with Crippen LogP contribution >= 0.6 is 0 Å². The summed E-state index contributed by atoms with van der Waals surface area (Å²) in [6.45, 7) is 14.1. The van der Waals surface area contributed by atoms with Gasteiger partial charge in [0.1, 0.15) is 0 Å². The highest BCUT2D eigenvalue weighted by Crippen LogP contribution is 2.60. The molecule has 0 aromatic heterocycles. The van der Waals surface area contributed by atoms with E-state index in [1.54, 1.807) is 0 Å². The quantitative estimate of drug-likeness (QED) is 0.731. The SMILES string of the molecule is CC(C)=CC1C(C(=O)N2CCN(CC(=O)N3CCCC3)CC2)C1(C)C. The first-order valence-corrected chi connectivity index (χ1v) is 9.74. The fourth-order valence-electron chi connectivity index (χ4n) is 4.40. The normalized spacial score (nSPS) is 28.8. The molecule has 0 aromatic carbocycles. The molecule has 5 heteroatoms. The maximum absolute atomic E-state index is 12.9. The molecule has 3 fully saturated rings. The zero-order valence-electron chi connectivity index (χ0n) is 16.3. The molecule has 0 bridgehead atoms. The van der Waals surface area contributed by atoms with Crippen LogP contribution in [-0.4, -0.2) is 72.3 Å². The Morgan fingerprint density at radius 2 is 1.56 bits per heavy atom. The number of hydrogen-bond acceptors (Lipinski definition) is 3. The number of amides is 2. The lowest BCUT2D eigenvalue weighted by Gasteiger charge is -2.35. The molecule has 0 N–H and O–H groups in total. The number of likely N-dealkylation sites (tertiary alicyclic amines) is 1. The number of carbonyl (C=O) groups excluding carboxylic acids is 2. The second kappa shape index (κ2) is 7.10. The van der Waals surface area contributed by atoms with Crippen LogP contribution in [0.25, 0.3) is 0 Å². The van der Waals surface area contributed by atoms with Crippen molar-refractivity contribution >= 4 is 11.8 Å². The minimum Gasteiger partial charge on any atom is -0.342 e. The van der Waals surface area contributed by atoms with Gasteiger partial charge in [-0.2, -0.15) is 0 Å². The van der Waals surface area contributed by atoms with E-state index in [4.69, 9.17) is 0 Å². The van der Waals surface area contributed by atoms with E-state index in [0.29, 0.717) is 18.4 Å². The summed E-state index contributed by atoms with van der Waals surface area (Å²) in [5.74, 6) is 1.06. The summed E-state index contributed by atoms with van der Waals surface area (Å²) in [7, 11) is 0. The Kier molecular flexibility index (Phi) is 5.24. The van der Waals surface area contributed by atoms with Crippen molar-refractivity contribution < 1.29 is 9.59 Å². The molecule has 25 heavy (non-hydrogen) atoms. The van der Waals surface area contributed by atoms with Gasteiger partial charge in [0.2, 0.25) is 11.8 Å². The van der Waals surface area contributed by atoms with Crippen molar-refractivity contribution in [2.24, 2.45) is 17.3 Å². The molecule has 2 saturated heterocycles. The van der Waals surface area contributed by atoms with Gasteiger partial charge in [-0.1, -0.05) is 25.5 Å². The molecule has 3 aliphatic rings. The maximum Gasteiger partial charge on any atom is 0.236 e. The minimum atomic E-state index is 0.0806. The third-order valence-corrected chi connectivity index (χ3v) is 6.19. The Balaban J connectivity index is 1.48. The standard InChI is InChI=1S/C20H33N3O2/c1-15(2)13-16-18(20(16,3)4)19(25)23-11-9-21(10-12-23)14-17(24)22-7-5-6-8-22/h13,16,18H,5-12,14H2,1-4H3. The number of allylic oxidation sites excluding steroid dienone is 2. The average Bonchev–Trinajstić information content (AvgIpc) is 2.96. The van der Waals surface area contributed by atoms with E-state index >= 15 is 0 Å². The first-order valence-electron chi connectivity index (χ1n) is 9.74. The lowest BCUT2D eigenvalue weighted by atomic mass is 10.1. The van der Waals surface area contributed by atoms with Crippen LogP contribution in [0.5, 0.6) is 0 Å². The Labute approximate surface area is 152 Å². The maximum atomic E-state index is 12.9. The lowest BCUT2D eigenvalue weighted by molar-refractivity contribution is -0.136. The van der Waals surface area contributed by atoms with Gasteiger partial charge in [0.25, 0.3) is 0 Å². The van der Waals surface area contributed by atoms with Crippen LogP contribution in [0.1, 0.15) is 40.5 Å². The molecule has 0 aromatic rings. The van der Waals surface area contributed by atoms with E-state index in [1.165, 1.54) is 5.57 Å². The predicted octanol–water partition coefficient (Wildman–Crippen LogP) is 1.99. The van der Waals surface area contributed by atoms with Crippen LogP contribution in [0.4, 0.5) is 0 Å². The lowest BCUT2D eigenvalue weighted by Crippen LogP contribution is -2.52. The van der Waals surface area contributed by atoms with Crippen molar-refractivity contribution in [3.63, 3.8) is 0 Å². The highest BCUT2D eigenvalue weighted by Gasteiger charge is 2.61. The summed E-state index contributed by atoms with van der Waals surface area (Å²) < 4.78 is 0. The zero-order valence-corrected chi connectivity index (χ0v) is 16.3. The van der Waals surface area contributed by atoms with Crippen LogP contribution < -0.4 is 0 Å². The van der Waals surface area contributed by atoms with E-state index in [0.717, 1.165) is 52.1 Å². The molecule has 0 spiro atoms. The Hall–Kier alpha value is -1.36. The summed E-state index contributed by atoms with van der Waals surface area (Å²) >= 11 is 0. The smallest absolute Gasteiger partial charge is 0.236 e. The third-order valence-electron chi connectivity index (χ3n) is 6.19. The number of rotatable bonds is 4. The van der Waals surface area contributed by atoms with Crippen molar-refractivity contribution in [1.29, 1.82) is 0 Å². The summed E-state index contributed by atoms with van der Waals surface area (Å²) in [4.78, 5) is 31.4. The third kappa shape index (κ3) is 3.91. The van der Waals surface area contributed by atoms with Gasteiger partial charge in [0.05, 0.1) is 12.5 Å². The van der Waals surface area contributed by atoms with Gasteiger partial charge in [-0.05, 0) is 38.0 Å². The zero-order chi connectivity index (χ0) is 18.2. The monoisotopic (exact) mass is 347 g/mol. The molecule has 1 saturated carbocycles. The fraction of sp³-hybridized carbons (Fsp3) is 0.800.